The third kappa shape index (κ3) is 4.60. The summed E-state index contributed by atoms with van der Waals surface area (Å²) in [5.74, 6) is -0.235. The molecule has 0 saturated carbocycles. The minimum atomic E-state index is -0.275. The number of carbonyl (C=O) groups excluding carboxylic acids is 1. The summed E-state index contributed by atoms with van der Waals surface area (Å²) in [5.41, 5.74) is 3.87. The number of fused-ring (bicyclic) bond motifs is 1. The lowest BCUT2D eigenvalue weighted by Crippen LogP contribution is -2.43. The van der Waals surface area contributed by atoms with Gasteiger partial charge in [0.05, 0.1) is 19.1 Å². The van der Waals surface area contributed by atoms with Crippen LogP contribution in [0.1, 0.15) is 43.4 Å². The van der Waals surface area contributed by atoms with Crippen molar-refractivity contribution < 1.29 is 9.53 Å². The van der Waals surface area contributed by atoms with Crippen LogP contribution in [-0.4, -0.2) is 17.7 Å². The molecule has 1 aliphatic rings. The third-order valence-electron chi connectivity index (χ3n) is 4.55. The van der Waals surface area contributed by atoms with Crippen molar-refractivity contribution in [2.24, 2.45) is 0 Å². The predicted molar refractivity (Wildman–Crippen MR) is 115 cm³/mol. The smallest absolute Gasteiger partial charge is 0.308 e. The number of unbranched alkanes of at least 4 members (excludes halogenated alkanes) is 1. The van der Waals surface area contributed by atoms with Crippen LogP contribution in [0.4, 0.5) is 11.4 Å². The molecule has 0 bridgehead atoms. The van der Waals surface area contributed by atoms with E-state index in [1.807, 2.05) is 48.2 Å². The lowest BCUT2D eigenvalue weighted by Gasteiger charge is -2.39. The van der Waals surface area contributed by atoms with Gasteiger partial charge in [-0.15, -0.1) is 0 Å². The van der Waals surface area contributed by atoms with Gasteiger partial charge in [0.25, 0.3) is 0 Å². The number of carbonyl (C=O) groups is 1. The Morgan fingerprint density at radius 1 is 1.30 bits per heavy atom. The summed E-state index contributed by atoms with van der Waals surface area (Å²) >= 11 is 11.9. The number of hydrogen-bond acceptors (Lipinski definition) is 3. The molecule has 3 rings (SSSR count). The molecular weight excluding hydrogens is 380 g/mol. The molecule has 1 N–H and O–H groups in total. The summed E-state index contributed by atoms with van der Waals surface area (Å²) in [4.78, 5) is 14.5. The number of ether oxygens (including phenoxy) is 1. The normalized spacial score (nSPS) is 15.9. The summed E-state index contributed by atoms with van der Waals surface area (Å²) in [5, 5.41) is 4.44. The van der Waals surface area contributed by atoms with Crippen molar-refractivity contribution in [3.05, 3.63) is 58.6 Å². The summed E-state index contributed by atoms with van der Waals surface area (Å²) in [7, 11) is 0. The average molecular weight is 403 g/mol. The van der Waals surface area contributed by atoms with Crippen LogP contribution in [0.5, 0.6) is 0 Å². The van der Waals surface area contributed by atoms with Crippen LogP contribution in [0.3, 0.4) is 0 Å². The van der Waals surface area contributed by atoms with Crippen molar-refractivity contribution in [1.82, 2.24) is 0 Å². The van der Waals surface area contributed by atoms with Crippen molar-refractivity contribution in [3.8, 4) is 0 Å². The van der Waals surface area contributed by atoms with Gasteiger partial charge in [-0.25, -0.2) is 0 Å². The van der Waals surface area contributed by atoms with Crippen molar-refractivity contribution in [2.45, 2.75) is 39.2 Å². The number of anilines is 2. The fourth-order valence-electron chi connectivity index (χ4n) is 3.20. The van der Waals surface area contributed by atoms with Crippen LogP contribution in [0, 0.1) is 6.92 Å². The van der Waals surface area contributed by atoms with Gasteiger partial charge in [-0.2, -0.15) is 0 Å². The minimum absolute atomic E-state index is 0.201. The van der Waals surface area contributed by atoms with Gasteiger partial charge >= 0.3 is 5.97 Å². The van der Waals surface area contributed by atoms with Crippen LogP contribution in [0.2, 0.25) is 5.02 Å². The first-order valence-electron chi connectivity index (χ1n) is 9.11. The van der Waals surface area contributed by atoms with Crippen molar-refractivity contribution in [2.75, 3.05) is 16.8 Å². The van der Waals surface area contributed by atoms with E-state index in [-0.39, 0.29) is 18.4 Å². The van der Waals surface area contributed by atoms with E-state index in [4.69, 9.17) is 28.6 Å². The molecule has 0 fully saturated rings. The van der Waals surface area contributed by atoms with E-state index in [2.05, 4.69) is 18.3 Å². The number of rotatable bonds is 6. The molecule has 0 aliphatic carbocycles. The Morgan fingerprint density at radius 2 is 2.11 bits per heavy atom. The largest absolute Gasteiger partial charge is 0.466 e. The molecule has 1 unspecified atom stereocenters. The van der Waals surface area contributed by atoms with Gasteiger partial charge in [0.1, 0.15) is 0 Å². The van der Waals surface area contributed by atoms with Crippen molar-refractivity contribution in [1.29, 1.82) is 0 Å². The quantitative estimate of drug-likeness (QED) is 0.384. The monoisotopic (exact) mass is 402 g/mol. The summed E-state index contributed by atoms with van der Waals surface area (Å²) < 4.78 is 5.41. The number of benzene rings is 2. The Labute approximate surface area is 170 Å². The zero-order valence-corrected chi connectivity index (χ0v) is 17.1. The molecule has 4 nitrogen and oxygen atoms in total. The maximum atomic E-state index is 12.5. The van der Waals surface area contributed by atoms with Gasteiger partial charge in [-0.3, -0.25) is 4.79 Å². The highest BCUT2D eigenvalue weighted by Crippen LogP contribution is 2.40. The Kier molecular flexibility index (Phi) is 6.34. The fourth-order valence-corrected chi connectivity index (χ4v) is 3.73. The molecule has 0 spiro atoms. The molecule has 0 saturated heterocycles. The van der Waals surface area contributed by atoms with Gasteiger partial charge < -0.3 is 15.0 Å². The molecule has 2 aromatic rings. The van der Waals surface area contributed by atoms with E-state index < -0.39 is 0 Å². The molecular formula is C21H23ClN2O2S. The molecule has 1 atom stereocenters. The maximum absolute atomic E-state index is 12.5. The Hall–Kier alpha value is -2.11. The Morgan fingerprint density at radius 3 is 2.85 bits per heavy atom. The Bertz CT molecular complexity index is 856. The summed E-state index contributed by atoms with van der Waals surface area (Å²) in [6.45, 7) is 4.54. The fraction of sp³-hybridized carbons (Fsp3) is 0.333. The zero-order valence-electron chi connectivity index (χ0n) is 15.5. The maximum Gasteiger partial charge on any atom is 0.308 e. The van der Waals surface area contributed by atoms with E-state index in [0.717, 1.165) is 35.3 Å². The SMILES string of the molecule is CCCCOC(=O)CC1c2cc(Cl)ccc2NC(=S)N1c1cccc(C)c1. The first-order chi connectivity index (χ1) is 13.0. The van der Waals surface area contributed by atoms with Gasteiger partial charge in [-0.05, 0) is 61.5 Å². The highest BCUT2D eigenvalue weighted by atomic mass is 35.5. The second-order valence-corrected chi connectivity index (χ2v) is 7.49. The summed E-state index contributed by atoms with van der Waals surface area (Å²) in [6.07, 6.45) is 2.05. The van der Waals surface area contributed by atoms with Crippen LogP contribution >= 0.6 is 23.8 Å². The zero-order chi connectivity index (χ0) is 19.4. The first kappa shape index (κ1) is 19.6. The molecule has 142 valence electrons. The molecule has 2 aromatic carbocycles. The molecule has 0 amide bonds. The molecule has 0 radical (unpaired) electrons. The highest BCUT2D eigenvalue weighted by Gasteiger charge is 2.33. The first-order valence-corrected chi connectivity index (χ1v) is 9.90. The number of thiocarbonyl (C=S) groups is 1. The molecule has 0 aromatic heterocycles. The number of esters is 1. The standard InChI is InChI=1S/C21H23ClN2O2S/c1-3-4-10-26-20(25)13-19-17-12-15(22)8-9-18(17)23-21(27)24(19)16-7-5-6-14(2)11-16/h5-9,11-12,19H,3-4,10,13H2,1-2H3,(H,23,27). The molecule has 6 heteroatoms. The minimum Gasteiger partial charge on any atom is -0.466 e. The van der Waals surface area contributed by atoms with Gasteiger partial charge in [0.2, 0.25) is 0 Å². The predicted octanol–water partition coefficient (Wildman–Crippen LogP) is 5.64. The number of nitrogens with one attached hydrogen (secondary N) is 1. The van der Waals surface area contributed by atoms with E-state index in [1.54, 1.807) is 0 Å². The van der Waals surface area contributed by atoms with Gasteiger partial charge in [-0.1, -0.05) is 37.1 Å². The number of aryl methyl sites for hydroxylation is 1. The van der Waals surface area contributed by atoms with E-state index >= 15 is 0 Å². The second-order valence-electron chi connectivity index (χ2n) is 6.66. The highest BCUT2D eigenvalue weighted by molar-refractivity contribution is 7.80. The molecule has 1 heterocycles. The van der Waals surface area contributed by atoms with Gasteiger partial charge in [0, 0.05) is 22.0 Å². The van der Waals surface area contributed by atoms with Crippen molar-refractivity contribution >= 4 is 46.3 Å². The van der Waals surface area contributed by atoms with Crippen LogP contribution in [0.15, 0.2) is 42.5 Å². The van der Waals surface area contributed by atoms with E-state index in [9.17, 15) is 4.79 Å². The van der Waals surface area contributed by atoms with Crippen molar-refractivity contribution in [3.63, 3.8) is 0 Å². The average Bonchev–Trinajstić information content (AvgIpc) is 2.62. The number of hydrogen-bond donors (Lipinski definition) is 1. The lowest BCUT2D eigenvalue weighted by molar-refractivity contribution is -0.144. The van der Waals surface area contributed by atoms with E-state index in [1.165, 1.54) is 0 Å². The van der Waals surface area contributed by atoms with Crippen LogP contribution in [-0.2, 0) is 9.53 Å². The van der Waals surface area contributed by atoms with Crippen LogP contribution < -0.4 is 10.2 Å². The third-order valence-corrected chi connectivity index (χ3v) is 5.08. The number of halogens is 1. The molecule has 27 heavy (non-hydrogen) atoms. The molecule has 1 aliphatic heterocycles. The van der Waals surface area contributed by atoms with Gasteiger partial charge in [0.15, 0.2) is 5.11 Å². The second kappa shape index (κ2) is 8.72. The number of nitrogens with zero attached hydrogens (tertiary/aromatic N) is 1. The summed E-state index contributed by atoms with van der Waals surface area (Å²) in [6, 6.07) is 13.4. The lowest BCUT2D eigenvalue weighted by atomic mass is 9.97. The topological polar surface area (TPSA) is 41.6 Å². The van der Waals surface area contributed by atoms with E-state index in [0.29, 0.717) is 16.7 Å². The Balaban J connectivity index is 1.97. The van der Waals surface area contributed by atoms with Crippen LogP contribution in [0.25, 0.3) is 0 Å².